The molecule has 1 saturated carbocycles. The van der Waals surface area contributed by atoms with Crippen molar-refractivity contribution in [2.75, 3.05) is 19.0 Å². The molecule has 0 bridgehead atoms. The lowest BCUT2D eigenvalue weighted by Crippen LogP contribution is -2.30. The Labute approximate surface area is 109 Å². The van der Waals surface area contributed by atoms with Gasteiger partial charge >= 0.3 is 0 Å². The first kappa shape index (κ1) is 15.3. The van der Waals surface area contributed by atoms with Crippen LogP contribution in [0.15, 0.2) is 0 Å². The number of ether oxygens (including phenoxy) is 1. The SMILES string of the molecule is CCCCCOCC1(CS(=O)(=O)Cl)CCCC1. The molecule has 17 heavy (non-hydrogen) atoms. The van der Waals surface area contributed by atoms with E-state index in [9.17, 15) is 8.42 Å². The Morgan fingerprint density at radius 2 is 1.88 bits per heavy atom. The molecule has 0 radical (unpaired) electrons. The lowest BCUT2D eigenvalue weighted by atomic mass is 9.90. The fourth-order valence-corrected chi connectivity index (χ4v) is 4.36. The Balaban J connectivity index is 2.38. The van der Waals surface area contributed by atoms with Gasteiger partial charge in [-0.25, -0.2) is 8.42 Å². The molecule has 0 aliphatic heterocycles. The molecular weight excluding hydrogens is 260 g/mol. The van der Waals surface area contributed by atoms with E-state index in [1.54, 1.807) is 0 Å². The summed E-state index contributed by atoms with van der Waals surface area (Å²) in [4.78, 5) is 0. The quantitative estimate of drug-likeness (QED) is 0.507. The van der Waals surface area contributed by atoms with Gasteiger partial charge in [0.1, 0.15) is 0 Å². The van der Waals surface area contributed by atoms with Crippen molar-refractivity contribution in [2.45, 2.75) is 51.9 Å². The predicted molar refractivity (Wildman–Crippen MR) is 70.9 cm³/mol. The summed E-state index contributed by atoms with van der Waals surface area (Å²) in [5.41, 5.74) is -0.215. The van der Waals surface area contributed by atoms with Crippen LogP contribution in [0.1, 0.15) is 51.9 Å². The second-order valence-electron chi connectivity index (χ2n) is 5.15. The molecule has 1 aliphatic rings. The Kier molecular flexibility index (Phi) is 6.24. The molecule has 1 rings (SSSR count). The van der Waals surface area contributed by atoms with Crippen LogP contribution in [0.3, 0.4) is 0 Å². The van der Waals surface area contributed by atoms with Crippen LogP contribution in [0.5, 0.6) is 0 Å². The minimum absolute atomic E-state index is 0.0648. The van der Waals surface area contributed by atoms with Gasteiger partial charge in [-0.05, 0) is 19.3 Å². The molecule has 0 spiro atoms. The van der Waals surface area contributed by atoms with E-state index in [1.807, 2.05) is 0 Å². The minimum atomic E-state index is -3.42. The first-order valence-corrected chi connectivity index (χ1v) is 8.95. The van der Waals surface area contributed by atoms with E-state index < -0.39 is 9.05 Å². The molecule has 102 valence electrons. The van der Waals surface area contributed by atoms with Gasteiger partial charge in [-0.15, -0.1) is 0 Å². The number of halogens is 1. The van der Waals surface area contributed by atoms with Crippen LogP contribution in [0, 0.1) is 5.41 Å². The Hall–Kier alpha value is 0.200. The van der Waals surface area contributed by atoms with Crippen molar-refractivity contribution in [1.29, 1.82) is 0 Å². The molecule has 0 amide bonds. The van der Waals surface area contributed by atoms with Gasteiger partial charge in [-0.1, -0.05) is 32.6 Å². The zero-order valence-corrected chi connectivity index (χ0v) is 12.2. The van der Waals surface area contributed by atoms with Crippen molar-refractivity contribution in [1.82, 2.24) is 0 Å². The van der Waals surface area contributed by atoms with Crippen molar-refractivity contribution >= 4 is 19.7 Å². The first-order chi connectivity index (χ1) is 7.97. The highest BCUT2D eigenvalue weighted by molar-refractivity contribution is 8.13. The monoisotopic (exact) mass is 282 g/mol. The Bertz CT molecular complexity index is 308. The molecule has 1 aliphatic carbocycles. The van der Waals surface area contributed by atoms with Crippen LogP contribution in [-0.4, -0.2) is 27.4 Å². The van der Waals surface area contributed by atoms with Gasteiger partial charge in [0.05, 0.1) is 12.4 Å². The zero-order valence-electron chi connectivity index (χ0n) is 10.6. The third-order valence-electron chi connectivity index (χ3n) is 3.44. The summed E-state index contributed by atoms with van der Waals surface area (Å²) in [5, 5.41) is 0. The van der Waals surface area contributed by atoms with Crippen LogP contribution in [0.2, 0.25) is 0 Å². The molecule has 1 fully saturated rings. The maximum Gasteiger partial charge on any atom is 0.233 e. The van der Waals surface area contributed by atoms with E-state index in [-0.39, 0.29) is 11.2 Å². The number of unbranched alkanes of at least 4 members (excludes halogenated alkanes) is 2. The van der Waals surface area contributed by atoms with E-state index in [0.29, 0.717) is 6.61 Å². The third kappa shape index (κ3) is 6.07. The molecule has 0 saturated heterocycles. The molecule has 5 heteroatoms. The predicted octanol–water partition coefficient (Wildman–Crippen LogP) is 3.32. The summed E-state index contributed by atoms with van der Waals surface area (Å²) < 4.78 is 28.1. The van der Waals surface area contributed by atoms with E-state index in [1.165, 1.54) is 12.8 Å². The summed E-state index contributed by atoms with van der Waals surface area (Å²) in [6.45, 7) is 3.43. The normalized spacial score (nSPS) is 19.6. The van der Waals surface area contributed by atoms with Gasteiger partial charge in [-0.2, -0.15) is 0 Å². The largest absolute Gasteiger partial charge is 0.381 e. The molecule has 3 nitrogen and oxygen atoms in total. The summed E-state index contributed by atoms with van der Waals surface area (Å²) in [6.07, 6.45) is 7.42. The van der Waals surface area contributed by atoms with Crippen molar-refractivity contribution in [2.24, 2.45) is 5.41 Å². The van der Waals surface area contributed by atoms with E-state index in [4.69, 9.17) is 15.4 Å². The summed E-state index contributed by atoms with van der Waals surface area (Å²) >= 11 is 0. The van der Waals surface area contributed by atoms with Crippen LogP contribution in [-0.2, 0) is 13.8 Å². The van der Waals surface area contributed by atoms with Crippen LogP contribution in [0.25, 0.3) is 0 Å². The number of hydrogen-bond donors (Lipinski definition) is 0. The van der Waals surface area contributed by atoms with Gasteiger partial charge in [0, 0.05) is 22.7 Å². The fraction of sp³-hybridized carbons (Fsp3) is 1.00. The minimum Gasteiger partial charge on any atom is -0.381 e. The first-order valence-electron chi connectivity index (χ1n) is 6.47. The highest BCUT2D eigenvalue weighted by Gasteiger charge is 2.37. The van der Waals surface area contributed by atoms with Crippen LogP contribution in [0.4, 0.5) is 0 Å². The smallest absolute Gasteiger partial charge is 0.233 e. The highest BCUT2D eigenvalue weighted by atomic mass is 35.7. The molecule has 0 N–H and O–H groups in total. The standard InChI is InChI=1S/C12H23ClO3S/c1-2-3-6-9-16-10-12(7-4-5-8-12)11-17(13,14)15/h2-11H2,1H3. The average Bonchev–Trinajstić information content (AvgIpc) is 2.64. The second kappa shape index (κ2) is 6.95. The van der Waals surface area contributed by atoms with Gasteiger partial charge in [0.15, 0.2) is 0 Å². The summed E-state index contributed by atoms with van der Waals surface area (Å²) in [6, 6.07) is 0. The Morgan fingerprint density at radius 1 is 1.24 bits per heavy atom. The van der Waals surface area contributed by atoms with Gasteiger partial charge < -0.3 is 4.74 Å². The topological polar surface area (TPSA) is 43.4 Å². The number of hydrogen-bond acceptors (Lipinski definition) is 3. The van der Waals surface area contributed by atoms with Gasteiger partial charge in [-0.3, -0.25) is 0 Å². The third-order valence-corrected chi connectivity index (χ3v) is 4.73. The molecule has 0 atom stereocenters. The van der Waals surface area contributed by atoms with Crippen LogP contribution >= 0.6 is 10.7 Å². The van der Waals surface area contributed by atoms with E-state index in [0.717, 1.165) is 38.7 Å². The molecule has 0 heterocycles. The van der Waals surface area contributed by atoms with Gasteiger partial charge in [0.25, 0.3) is 0 Å². The van der Waals surface area contributed by atoms with Crippen molar-refractivity contribution in [3.63, 3.8) is 0 Å². The van der Waals surface area contributed by atoms with Gasteiger partial charge in [0.2, 0.25) is 9.05 Å². The zero-order chi connectivity index (χ0) is 12.8. The number of rotatable bonds is 8. The summed E-state index contributed by atoms with van der Waals surface area (Å²) in [7, 11) is 1.96. The van der Waals surface area contributed by atoms with Crippen molar-refractivity contribution in [3.05, 3.63) is 0 Å². The molecule has 0 aromatic heterocycles. The second-order valence-corrected chi connectivity index (χ2v) is 7.93. The molecule has 0 aromatic carbocycles. The Morgan fingerprint density at radius 3 is 2.41 bits per heavy atom. The lowest BCUT2D eigenvalue weighted by Gasteiger charge is -2.27. The lowest BCUT2D eigenvalue weighted by molar-refractivity contribution is 0.0560. The average molecular weight is 283 g/mol. The maximum atomic E-state index is 11.2. The van der Waals surface area contributed by atoms with E-state index >= 15 is 0 Å². The maximum absolute atomic E-state index is 11.2. The van der Waals surface area contributed by atoms with Crippen LogP contribution < -0.4 is 0 Å². The summed E-state index contributed by atoms with van der Waals surface area (Å²) in [5.74, 6) is 0.0648. The van der Waals surface area contributed by atoms with Crippen molar-refractivity contribution in [3.8, 4) is 0 Å². The molecular formula is C12H23ClO3S. The highest BCUT2D eigenvalue weighted by Crippen LogP contribution is 2.40. The molecule has 0 aromatic rings. The molecule has 0 unspecified atom stereocenters. The fourth-order valence-electron chi connectivity index (χ4n) is 2.56. The van der Waals surface area contributed by atoms with E-state index in [2.05, 4.69) is 6.92 Å². The van der Waals surface area contributed by atoms with Crippen molar-refractivity contribution < 1.29 is 13.2 Å².